The van der Waals surface area contributed by atoms with E-state index in [-0.39, 0.29) is 89.8 Å². The summed E-state index contributed by atoms with van der Waals surface area (Å²) < 4.78 is 0. The predicted octanol–water partition coefficient (Wildman–Crippen LogP) is -8.97. The van der Waals surface area contributed by atoms with Crippen LogP contribution in [0.2, 0.25) is 0 Å². The van der Waals surface area contributed by atoms with E-state index in [9.17, 15) is 126 Å². The van der Waals surface area contributed by atoms with Gasteiger partial charge in [0, 0.05) is 63.5 Å². The first-order chi connectivity index (χ1) is 64.4. The van der Waals surface area contributed by atoms with E-state index in [1.54, 1.807) is 71.9 Å². The Labute approximate surface area is 787 Å². The summed E-state index contributed by atoms with van der Waals surface area (Å²) in [6, 6.07) is -17.4. The molecule has 2 aromatic rings. The number of unbranched alkanes of at least 4 members (excludes halogenated alkanes) is 1. The number of aromatic amines is 1. The molecule has 0 unspecified atom stereocenters. The summed E-state index contributed by atoms with van der Waals surface area (Å²) in [7, 11) is 0. The number of carboxylic acid groups (broad SMARTS) is 4. The average Bonchev–Trinajstić information content (AvgIpc) is 1.83. The molecule has 19 amide bonds. The highest BCUT2D eigenvalue weighted by Gasteiger charge is 2.43. The Morgan fingerprint density at radius 2 is 0.876 bits per heavy atom. The van der Waals surface area contributed by atoms with Gasteiger partial charge in [-0.3, -0.25) is 111 Å². The molecular formula is C84H132N26O27. The number of rotatable bonds is 66. The number of carbonyl (C=O) groups is 23. The molecule has 1 aromatic carbocycles. The summed E-state index contributed by atoms with van der Waals surface area (Å²) >= 11 is 0. The fourth-order valence-corrected chi connectivity index (χ4v) is 14.1. The Morgan fingerprint density at radius 1 is 0.453 bits per heavy atom. The van der Waals surface area contributed by atoms with Crippen LogP contribution in [0.5, 0.6) is 0 Å². The molecule has 137 heavy (non-hydrogen) atoms. The van der Waals surface area contributed by atoms with Gasteiger partial charge in [-0.15, -0.1) is 0 Å². The van der Waals surface area contributed by atoms with Crippen LogP contribution in [-0.4, -0.2) is 294 Å². The van der Waals surface area contributed by atoms with Crippen LogP contribution in [-0.2, 0) is 123 Å². The van der Waals surface area contributed by atoms with E-state index in [4.69, 9.17) is 50.7 Å². The number of H-pyrrole nitrogens is 1. The predicted molar refractivity (Wildman–Crippen MR) is 482 cm³/mol. The number of aliphatic carboxylic acids is 4. The third-order valence-electron chi connectivity index (χ3n) is 21.4. The number of nitrogens with zero attached hydrogens (tertiary/aromatic N) is 2. The number of hydrogen-bond donors (Lipinski definition) is 28. The van der Waals surface area contributed by atoms with Crippen molar-refractivity contribution in [1.29, 1.82) is 5.41 Å². The van der Waals surface area contributed by atoms with Gasteiger partial charge in [-0.2, -0.15) is 0 Å². The smallest absolute Gasteiger partial charge is 0.326 e. The minimum atomic E-state index is -2.14. The largest absolute Gasteiger partial charge is 0.481 e. The molecule has 760 valence electrons. The second-order valence-electron chi connectivity index (χ2n) is 33.8. The zero-order chi connectivity index (χ0) is 103. The van der Waals surface area contributed by atoms with Crippen molar-refractivity contribution < 1.29 is 131 Å². The monoisotopic (exact) mass is 1940 g/mol. The quantitative estimate of drug-likeness (QED) is 0.0166. The van der Waals surface area contributed by atoms with Crippen molar-refractivity contribution >= 4 is 142 Å². The Hall–Kier alpha value is -14.6. The number of primary amides is 4. The number of likely N-dealkylation sites (tertiary alicyclic amines) is 1. The Morgan fingerprint density at radius 3 is 1.34 bits per heavy atom. The summed E-state index contributed by atoms with van der Waals surface area (Å²) in [6.07, 6.45) is -6.47. The Kier molecular flexibility index (Phi) is 51.0. The first-order valence-electron chi connectivity index (χ1n) is 44.5. The van der Waals surface area contributed by atoms with Crippen LogP contribution >= 0.6 is 0 Å². The summed E-state index contributed by atoms with van der Waals surface area (Å²) in [5.74, 6) is -29.6. The summed E-state index contributed by atoms with van der Waals surface area (Å²) in [5, 5.41) is 81.8. The molecule has 3 rings (SSSR count). The Bertz CT molecular complexity index is 4540. The van der Waals surface area contributed by atoms with Gasteiger partial charge in [-0.25, -0.2) is 9.78 Å². The maximum Gasteiger partial charge on any atom is 0.326 e. The SMILES string of the molecule is CC[C@H](C)[C@H](NC(=O)[C@@H](N)CCC(=O)O)C(=O)N[C@@H](CCCCN)C(=O)N[C@@H](Cc1cnc[nH]1)C(=O)N[C@@H](CC(C)C)C(=O)N1CCC[C@H]1C(=O)N[C@@H](CC(N)=O)C(=O)N[C@@H](CC(C)C)C(=O)N[C@@H](CC(N)=O)C(=O)N[C@@H](CCC(=O)O)C(=O)N[C@@H](CCC(=O)O)C(=O)N[C@@H](CCC(N)=O)C(=O)N[C@@H](CCCNC(=N)N)C(=O)N[C@@H](CC(N)=O)C(=O)NCC(=O)N[C@@H](Cc1ccccc1)C(=O)O. The van der Waals surface area contributed by atoms with E-state index >= 15 is 0 Å². The number of hydrogen-bond acceptors (Lipinski definition) is 27. The normalized spacial score (nSPS) is 15.5. The lowest BCUT2D eigenvalue weighted by Crippen LogP contribution is -2.61. The van der Waals surface area contributed by atoms with Crippen LogP contribution in [0.1, 0.15) is 188 Å². The minimum Gasteiger partial charge on any atom is -0.481 e. The van der Waals surface area contributed by atoms with E-state index < -0.39 is 322 Å². The van der Waals surface area contributed by atoms with Gasteiger partial charge in [0.15, 0.2) is 5.96 Å². The van der Waals surface area contributed by atoms with Gasteiger partial charge in [0.1, 0.15) is 84.6 Å². The fourth-order valence-electron chi connectivity index (χ4n) is 14.1. The molecule has 35 N–H and O–H groups in total. The number of imidazole rings is 1. The summed E-state index contributed by atoms with van der Waals surface area (Å²) in [5.41, 5.74) is 40.1. The molecule has 1 aliphatic rings. The van der Waals surface area contributed by atoms with Crippen molar-refractivity contribution in [3.63, 3.8) is 0 Å². The van der Waals surface area contributed by atoms with E-state index in [2.05, 4.69) is 89.7 Å². The first kappa shape index (κ1) is 117. The fraction of sp³-hybridized carbons (Fsp3) is 0.607. The third kappa shape index (κ3) is 44.4. The molecule has 53 nitrogen and oxygen atoms in total. The number of carboxylic acids is 4. The second kappa shape index (κ2) is 59.9. The number of amides is 19. The van der Waals surface area contributed by atoms with Gasteiger partial charge >= 0.3 is 23.9 Å². The van der Waals surface area contributed by atoms with Gasteiger partial charge in [0.25, 0.3) is 0 Å². The van der Waals surface area contributed by atoms with Crippen LogP contribution in [0.15, 0.2) is 42.9 Å². The molecule has 0 saturated carbocycles. The zero-order valence-electron chi connectivity index (χ0n) is 77.1. The van der Waals surface area contributed by atoms with Crippen molar-refractivity contribution in [2.45, 2.75) is 280 Å². The maximum absolute atomic E-state index is 15.0. The Balaban J connectivity index is 1.97. The third-order valence-corrected chi connectivity index (χ3v) is 21.4. The van der Waals surface area contributed by atoms with Crippen LogP contribution in [0.25, 0.3) is 0 Å². The van der Waals surface area contributed by atoms with Crippen LogP contribution in [0.4, 0.5) is 0 Å². The van der Waals surface area contributed by atoms with Crippen molar-refractivity contribution in [2.24, 2.45) is 57.9 Å². The highest BCUT2D eigenvalue weighted by molar-refractivity contribution is 6.03. The van der Waals surface area contributed by atoms with E-state index in [1.165, 1.54) is 12.5 Å². The highest BCUT2D eigenvalue weighted by atomic mass is 16.4. The molecule has 1 aliphatic heterocycles. The van der Waals surface area contributed by atoms with Gasteiger partial charge < -0.3 is 150 Å². The van der Waals surface area contributed by atoms with Gasteiger partial charge in [-0.05, 0) is 113 Å². The van der Waals surface area contributed by atoms with E-state index in [1.807, 2.05) is 0 Å². The molecular weight excluding hydrogens is 1810 g/mol. The number of nitrogens with two attached hydrogens (primary N) is 7. The van der Waals surface area contributed by atoms with Crippen molar-refractivity contribution in [3.8, 4) is 0 Å². The molecule has 1 fully saturated rings. The molecule has 0 bridgehead atoms. The molecule has 0 spiro atoms. The van der Waals surface area contributed by atoms with Gasteiger partial charge in [0.2, 0.25) is 112 Å². The summed E-state index contributed by atoms with van der Waals surface area (Å²) in [4.78, 5) is 320. The lowest BCUT2D eigenvalue weighted by atomic mass is 9.96. The lowest BCUT2D eigenvalue weighted by molar-refractivity contribution is -0.143. The average molecular weight is 1940 g/mol. The number of benzene rings is 1. The van der Waals surface area contributed by atoms with Crippen LogP contribution in [0.3, 0.4) is 0 Å². The number of carbonyl (C=O) groups excluding carboxylic acids is 19. The topological polar surface area (TPSA) is 892 Å². The molecule has 0 radical (unpaired) electrons. The van der Waals surface area contributed by atoms with Gasteiger partial charge in [0.05, 0.1) is 38.2 Å². The number of guanidine groups is 1. The molecule has 2 heterocycles. The van der Waals surface area contributed by atoms with Gasteiger partial charge in [-0.1, -0.05) is 78.3 Å². The van der Waals surface area contributed by atoms with Crippen LogP contribution < -0.4 is 120 Å². The van der Waals surface area contributed by atoms with Crippen molar-refractivity contribution in [2.75, 3.05) is 26.2 Å². The zero-order valence-corrected chi connectivity index (χ0v) is 77.1. The molecule has 0 aliphatic carbocycles. The number of aromatic nitrogens is 2. The first-order valence-corrected chi connectivity index (χ1v) is 44.5. The van der Waals surface area contributed by atoms with Crippen molar-refractivity contribution in [1.82, 2.24) is 94.6 Å². The second-order valence-corrected chi connectivity index (χ2v) is 33.8. The van der Waals surface area contributed by atoms with Crippen molar-refractivity contribution in [3.05, 3.63) is 54.1 Å². The van der Waals surface area contributed by atoms with Crippen LogP contribution in [0, 0.1) is 23.2 Å². The highest BCUT2D eigenvalue weighted by Crippen LogP contribution is 2.23. The van der Waals surface area contributed by atoms with E-state index in [0.717, 1.165) is 4.90 Å². The van der Waals surface area contributed by atoms with E-state index in [0.29, 0.717) is 24.1 Å². The standard InChI is InChI=1S/C84H132N26O27/c1-7-43(6)68(109-69(122)46(86)20-25-65(116)117)81(134)102-47(17-11-12-28-85)71(124)104-53(34-45-38-93-40-96-45)77(130)108-57(32-42(4)5)82(135)110-30-14-19-59(110)80(133)107-56(37-63(90)114)79(132)103-52(31-41(2)3)76(129)106-55(36-62(89)113)78(131)101-51(23-27-67(120)121)75(128)100-50(22-26-66(118)119)74(127)99-49(21-24-60(87)111)73(126)98-48(18-13-29-94-84(91)92)72(125)105-54(35-61(88)112)70(123)95-39-64(115)97-58(83(136)137)33-44-15-9-8-10-16-44/h8-10,15-16,38,40-43,46-59,68H,7,11-14,17-37,39,85-86H2,1-6H3,(H2,87,111)(H2,88,112)(H2,89,113)(H2,90,114)(H,93,96)(H,95,123)(H,97,115)(H,98,126)(H,99,127)(H,100,128)(H,101,131)(H,102,134)(H,103,132)(H,104,124)(H,105,125)(H,106,129)(H,107,133)(H,108,130)(H,109,122)(H,116,117)(H,118,119)(H,120,121)(H,136,137)(H4,91,92,94)/t43-,46-,47-,48-,49-,50-,51-,52-,53-,54-,55-,56-,57-,58-,59-,68-/m0/s1. The lowest BCUT2D eigenvalue weighted by Gasteiger charge is -2.32. The molecule has 1 aromatic heterocycles. The molecule has 53 heteroatoms. The number of nitrogens with one attached hydrogen (secondary N) is 17. The molecule has 16 atom stereocenters. The molecule has 1 saturated heterocycles. The minimum absolute atomic E-state index is 0.0266. The summed E-state index contributed by atoms with van der Waals surface area (Å²) in [6.45, 7) is 8.98. The maximum atomic E-state index is 15.0.